The van der Waals surface area contributed by atoms with Gasteiger partial charge in [0, 0.05) is 11.6 Å². The van der Waals surface area contributed by atoms with Crippen molar-refractivity contribution in [2.75, 3.05) is 0 Å². The Labute approximate surface area is 170 Å². The number of hydrogen-bond donors (Lipinski definition) is 2. The highest BCUT2D eigenvalue weighted by molar-refractivity contribution is 6.15. The number of halogens is 2. The molecule has 0 aliphatic heterocycles. The molecule has 8 heteroatoms. The number of nitrogens with one attached hydrogen (secondary N) is 2. The maximum Gasteiger partial charge on any atom is 0.267 e. The number of benzene rings is 2. The minimum Gasteiger partial charge on any atom is -0.619 e. The van der Waals surface area contributed by atoms with Crippen molar-refractivity contribution in [1.82, 2.24) is 15.4 Å². The first-order valence-electron chi connectivity index (χ1n) is 8.61. The Morgan fingerprint density at radius 3 is 2.28 bits per heavy atom. The molecule has 6 nitrogen and oxygen atoms in total. The van der Waals surface area contributed by atoms with Gasteiger partial charge in [-0.1, -0.05) is 36.4 Å². The third kappa shape index (κ3) is 3.87. The predicted octanol–water partition coefficient (Wildman–Crippen LogP) is 3.73. The molecule has 2 N–H and O–H groups in total. The zero-order chi connectivity index (χ0) is 20.4. The molecule has 1 amide bonds. The number of hydrogen-bond acceptors (Lipinski definition) is 4. The molecule has 0 unspecified atom stereocenters. The minimum atomic E-state index is -0.497. The molecule has 0 aliphatic rings. The zero-order valence-corrected chi connectivity index (χ0v) is 15.7. The van der Waals surface area contributed by atoms with Gasteiger partial charge in [0.15, 0.2) is 12.4 Å². The average Bonchev–Trinajstić information content (AvgIpc) is 2.74. The monoisotopic (exact) mass is 408 g/mol. The number of rotatable bonds is 4. The van der Waals surface area contributed by atoms with E-state index in [2.05, 4.69) is 15.4 Å². The molecule has 4 aromatic rings. The van der Waals surface area contributed by atoms with Crippen LogP contribution in [0.5, 0.6) is 0 Å². The summed E-state index contributed by atoms with van der Waals surface area (Å²) >= 11 is 5.38. The number of aromatic nitrogens is 2. The van der Waals surface area contributed by atoms with Crippen LogP contribution < -0.4 is 15.1 Å². The minimum absolute atomic E-state index is 0.256. The molecule has 0 saturated heterocycles. The Bertz CT molecular complexity index is 1200. The summed E-state index contributed by atoms with van der Waals surface area (Å²) in [6, 6.07) is 16.9. The van der Waals surface area contributed by atoms with Gasteiger partial charge in [0.25, 0.3) is 5.91 Å². The van der Waals surface area contributed by atoms with Crippen LogP contribution in [0.15, 0.2) is 73.1 Å². The van der Waals surface area contributed by atoms with Crippen LogP contribution in [-0.4, -0.2) is 10.9 Å². The molecule has 4 rings (SSSR count). The van der Waals surface area contributed by atoms with E-state index in [4.69, 9.17) is 11.8 Å². The summed E-state index contributed by atoms with van der Waals surface area (Å²) in [7, 11) is 0. The summed E-state index contributed by atoms with van der Waals surface area (Å²) in [5.41, 5.74) is 6.20. The number of amides is 1. The fourth-order valence-electron chi connectivity index (χ4n) is 3.07. The van der Waals surface area contributed by atoms with Crippen LogP contribution in [0.2, 0.25) is 0 Å². The van der Waals surface area contributed by atoms with E-state index in [1.165, 1.54) is 24.5 Å². The number of pyridine rings is 2. The first-order chi connectivity index (χ1) is 14.0. The number of hydrazine groups is 1. The van der Waals surface area contributed by atoms with Gasteiger partial charge in [-0.05, 0) is 41.1 Å². The number of fused-ring (bicyclic) bond motifs is 1. The first kappa shape index (κ1) is 18.8. The maximum absolute atomic E-state index is 13.1. The van der Waals surface area contributed by atoms with Gasteiger partial charge in [-0.3, -0.25) is 10.2 Å². The van der Waals surface area contributed by atoms with E-state index in [9.17, 15) is 14.4 Å². The van der Waals surface area contributed by atoms with Crippen LogP contribution in [0.4, 0.5) is 4.39 Å². The summed E-state index contributed by atoms with van der Waals surface area (Å²) < 4.78 is 13.7. The molecule has 0 spiro atoms. The highest BCUT2D eigenvalue weighted by atomic mass is 35.5. The second kappa shape index (κ2) is 7.83. The van der Waals surface area contributed by atoms with Crippen LogP contribution >= 0.6 is 11.8 Å². The highest BCUT2D eigenvalue weighted by Gasteiger charge is 2.16. The Balaban J connectivity index is 1.78. The van der Waals surface area contributed by atoms with Crippen LogP contribution in [0.1, 0.15) is 10.4 Å². The Hall–Kier alpha value is -3.55. The summed E-state index contributed by atoms with van der Waals surface area (Å²) in [6.07, 6.45) is 2.60. The quantitative estimate of drug-likeness (QED) is 0.233. The number of nitrogens with zero attached hydrogens (tertiary/aromatic N) is 2. The van der Waals surface area contributed by atoms with Crippen molar-refractivity contribution >= 4 is 28.6 Å². The van der Waals surface area contributed by atoms with Gasteiger partial charge in [0.1, 0.15) is 5.82 Å². The topological polar surface area (TPSA) is 81.0 Å². The van der Waals surface area contributed by atoms with Crippen molar-refractivity contribution in [3.05, 3.63) is 89.6 Å². The molecule has 0 fully saturated rings. The normalized spacial score (nSPS) is 10.8. The lowest BCUT2D eigenvalue weighted by Crippen LogP contribution is -2.31. The van der Waals surface area contributed by atoms with Gasteiger partial charge in [0.2, 0.25) is 0 Å². The second-order valence-electron chi connectivity index (χ2n) is 6.29. The lowest BCUT2D eigenvalue weighted by molar-refractivity contribution is -0.603. The highest BCUT2D eigenvalue weighted by Crippen LogP contribution is 2.27. The fraction of sp³-hybridized carbons (Fsp3) is 0. The smallest absolute Gasteiger partial charge is 0.267 e. The molecule has 0 radical (unpaired) electrons. The fourth-order valence-corrected chi connectivity index (χ4v) is 3.16. The number of carbonyl (C=O) groups is 1. The maximum atomic E-state index is 13.1. The summed E-state index contributed by atoms with van der Waals surface area (Å²) in [4.78, 5) is 19.0. The molecular formula is C21H14ClFN4O2. The van der Waals surface area contributed by atoms with E-state index in [0.29, 0.717) is 21.3 Å². The van der Waals surface area contributed by atoms with Crippen LogP contribution in [0, 0.1) is 11.0 Å². The van der Waals surface area contributed by atoms with Gasteiger partial charge in [-0.2, -0.15) is 4.73 Å². The second-order valence-corrected chi connectivity index (χ2v) is 6.48. The molecule has 2 aromatic heterocycles. The Kier molecular flexibility index (Phi) is 5.07. The molecule has 0 bridgehead atoms. The van der Waals surface area contributed by atoms with Gasteiger partial charge >= 0.3 is 0 Å². The van der Waals surface area contributed by atoms with Gasteiger partial charge in [-0.15, -0.1) is 4.94 Å². The third-order valence-corrected chi connectivity index (χ3v) is 4.58. The van der Waals surface area contributed by atoms with Crippen LogP contribution in [0.3, 0.4) is 0 Å². The average molecular weight is 409 g/mol. The van der Waals surface area contributed by atoms with Crippen molar-refractivity contribution in [2.24, 2.45) is 0 Å². The SMILES string of the molecule is O=C(NNCl)c1cc(-c2ccc(-c3ccc(F)cc3)cc2)nc2cc[n+]([O-])cc12. The molecule has 144 valence electrons. The van der Waals surface area contributed by atoms with E-state index in [1.807, 2.05) is 24.3 Å². The van der Waals surface area contributed by atoms with E-state index in [-0.39, 0.29) is 11.4 Å². The Morgan fingerprint density at radius 1 is 1.00 bits per heavy atom. The van der Waals surface area contributed by atoms with Crippen LogP contribution in [0.25, 0.3) is 33.3 Å². The lowest BCUT2D eigenvalue weighted by atomic mass is 10.0. The molecule has 29 heavy (non-hydrogen) atoms. The number of carbonyl (C=O) groups excluding carboxylic acids is 1. The summed E-state index contributed by atoms with van der Waals surface area (Å²) in [5, 5.41) is 12.1. The summed E-state index contributed by atoms with van der Waals surface area (Å²) in [6.45, 7) is 0. The van der Waals surface area contributed by atoms with E-state index in [1.54, 1.807) is 24.3 Å². The molecule has 0 atom stereocenters. The summed E-state index contributed by atoms with van der Waals surface area (Å²) in [5.74, 6) is -0.787. The molecule has 2 aromatic carbocycles. The molecular weight excluding hydrogens is 395 g/mol. The first-order valence-corrected chi connectivity index (χ1v) is 8.99. The van der Waals surface area contributed by atoms with Gasteiger partial charge in [-0.25, -0.2) is 9.37 Å². The third-order valence-electron chi connectivity index (χ3n) is 4.49. The molecule has 2 heterocycles. The Morgan fingerprint density at radius 2 is 1.62 bits per heavy atom. The van der Waals surface area contributed by atoms with Crippen LogP contribution in [-0.2, 0) is 0 Å². The predicted molar refractivity (Wildman–Crippen MR) is 108 cm³/mol. The van der Waals surface area contributed by atoms with E-state index in [0.717, 1.165) is 16.7 Å². The lowest BCUT2D eigenvalue weighted by Gasteiger charge is -2.10. The largest absolute Gasteiger partial charge is 0.619 e. The van der Waals surface area contributed by atoms with E-state index >= 15 is 0 Å². The van der Waals surface area contributed by atoms with Crippen molar-refractivity contribution in [3.63, 3.8) is 0 Å². The standard InChI is InChI=1S/C21H14ClFN4O2/c22-26-25-21(28)17-11-20(24-19-9-10-27(29)12-18(17)19)15-3-1-13(2-4-15)14-5-7-16(23)8-6-14/h1-12,26H,(H,25,28). The van der Waals surface area contributed by atoms with Crippen molar-refractivity contribution in [2.45, 2.75) is 0 Å². The molecule has 0 aliphatic carbocycles. The zero-order valence-electron chi connectivity index (χ0n) is 14.9. The van der Waals surface area contributed by atoms with Crippen molar-refractivity contribution < 1.29 is 13.9 Å². The van der Waals surface area contributed by atoms with Crippen molar-refractivity contribution in [3.8, 4) is 22.4 Å². The van der Waals surface area contributed by atoms with Crippen molar-refractivity contribution in [1.29, 1.82) is 0 Å². The van der Waals surface area contributed by atoms with E-state index < -0.39 is 5.91 Å². The van der Waals surface area contributed by atoms with Gasteiger partial charge < -0.3 is 5.21 Å². The van der Waals surface area contributed by atoms with Gasteiger partial charge in [0.05, 0.1) is 22.2 Å². The molecule has 0 saturated carbocycles.